The van der Waals surface area contributed by atoms with E-state index < -0.39 is 5.95 Å². The number of hydrogen-bond donors (Lipinski definition) is 1. The highest BCUT2D eigenvalue weighted by atomic mass is 19.1. The van der Waals surface area contributed by atoms with Gasteiger partial charge in [0.2, 0.25) is 5.95 Å². The van der Waals surface area contributed by atoms with Gasteiger partial charge in [0.15, 0.2) is 0 Å². The molecular weight excluding hydrogens is 291 g/mol. The molecule has 23 heavy (non-hydrogen) atoms. The standard InChI is InChI=1S/C18H13FN4/c19-17-5-4-14(10-21-17)12-6-7-23-16(11-22-18(23)9-12)13-2-1-3-15(20)8-13/h1-11H,20H2. The van der Waals surface area contributed by atoms with Crippen LogP contribution in [0.3, 0.4) is 0 Å². The first-order valence-electron chi connectivity index (χ1n) is 7.16. The second-order valence-corrected chi connectivity index (χ2v) is 5.28. The smallest absolute Gasteiger partial charge is 0.212 e. The summed E-state index contributed by atoms with van der Waals surface area (Å²) in [4.78, 5) is 8.15. The third-order valence-corrected chi connectivity index (χ3v) is 3.76. The molecule has 3 heterocycles. The number of pyridine rings is 2. The van der Waals surface area contributed by atoms with Crippen molar-refractivity contribution in [3.63, 3.8) is 0 Å². The van der Waals surface area contributed by atoms with Gasteiger partial charge in [-0.15, -0.1) is 0 Å². The van der Waals surface area contributed by atoms with Crippen LogP contribution in [0.5, 0.6) is 0 Å². The summed E-state index contributed by atoms with van der Waals surface area (Å²) < 4.78 is 14.9. The Morgan fingerprint density at radius 2 is 1.78 bits per heavy atom. The Morgan fingerprint density at radius 3 is 2.57 bits per heavy atom. The Labute approximate surface area is 132 Å². The van der Waals surface area contributed by atoms with Crippen molar-refractivity contribution in [3.05, 3.63) is 73.1 Å². The molecule has 0 saturated heterocycles. The number of aromatic nitrogens is 3. The highest BCUT2D eigenvalue weighted by molar-refractivity contribution is 5.71. The predicted molar refractivity (Wildman–Crippen MR) is 88.2 cm³/mol. The van der Waals surface area contributed by atoms with Crippen molar-refractivity contribution < 1.29 is 4.39 Å². The molecule has 0 radical (unpaired) electrons. The quantitative estimate of drug-likeness (QED) is 0.453. The van der Waals surface area contributed by atoms with E-state index in [-0.39, 0.29) is 0 Å². The zero-order chi connectivity index (χ0) is 15.8. The van der Waals surface area contributed by atoms with Gasteiger partial charge in [-0.1, -0.05) is 12.1 Å². The van der Waals surface area contributed by atoms with Gasteiger partial charge in [0.25, 0.3) is 0 Å². The Balaban J connectivity index is 1.81. The number of benzene rings is 1. The van der Waals surface area contributed by atoms with Crippen molar-refractivity contribution in [2.24, 2.45) is 0 Å². The molecule has 1 aromatic carbocycles. The topological polar surface area (TPSA) is 56.2 Å². The maximum atomic E-state index is 12.9. The van der Waals surface area contributed by atoms with E-state index in [0.29, 0.717) is 5.69 Å². The van der Waals surface area contributed by atoms with Gasteiger partial charge in [0, 0.05) is 29.2 Å². The number of anilines is 1. The first-order valence-corrected chi connectivity index (χ1v) is 7.16. The molecule has 0 spiro atoms. The molecule has 5 heteroatoms. The Bertz CT molecular complexity index is 990. The molecule has 3 aromatic heterocycles. The lowest BCUT2D eigenvalue weighted by molar-refractivity contribution is 0.584. The molecule has 0 unspecified atom stereocenters. The molecule has 0 bridgehead atoms. The molecule has 0 aliphatic carbocycles. The highest BCUT2D eigenvalue weighted by Gasteiger charge is 2.08. The van der Waals surface area contributed by atoms with Crippen LogP contribution < -0.4 is 5.73 Å². The fourth-order valence-corrected chi connectivity index (χ4v) is 2.62. The average molecular weight is 304 g/mol. The van der Waals surface area contributed by atoms with Gasteiger partial charge in [-0.05, 0) is 42.0 Å². The average Bonchev–Trinajstić information content (AvgIpc) is 2.98. The summed E-state index contributed by atoms with van der Waals surface area (Å²) in [7, 11) is 0. The molecule has 0 fully saturated rings. The minimum atomic E-state index is -0.486. The minimum absolute atomic E-state index is 0.486. The van der Waals surface area contributed by atoms with Gasteiger partial charge >= 0.3 is 0 Å². The van der Waals surface area contributed by atoms with E-state index in [4.69, 9.17) is 5.73 Å². The molecule has 0 aliphatic rings. The van der Waals surface area contributed by atoms with Crippen molar-refractivity contribution in [1.29, 1.82) is 0 Å². The number of halogens is 1. The number of imidazole rings is 1. The van der Waals surface area contributed by atoms with Crippen molar-refractivity contribution in [1.82, 2.24) is 14.4 Å². The monoisotopic (exact) mass is 304 g/mol. The maximum absolute atomic E-state index is 12.9. The summed E-state index contributed by atoms with van der Waals surface area (Å²) in [6.07, 6.45) is 5.28. The predicted octanol–water partition coefficient (Wildman–Crippen LogP) is 3.78. The number of rotatable bonds is 2. The summed E-state index contributed by atoms with van der Waals surface area (Å²) >= 11 is 0. The summed E-state index contributed by atoms with van der Waals surface area (Å²) in [5, 5.41) is 0. The third kappa shape index (κ3) is 2.42. The number of fused-ring (bicyclic) bond motifs is 1. The van der Waals surface area contributed by atoms with E-state index in [1.165, 1.54) is 12.3 Å². The Hall–Kier alpha value is -3.21. The molecule has 0 amide bonds. The summed E-state index contributed by atoms with van der Waals surface area (Å²) in [6.45, 7) is 0. The lowest BCUT2D eigenvalue weighted by Gasteiger charge is -2.05. The molecule has 2 N–H and O–H groups in total. The fraction of sp³-hybridized carbons (Fsp3) is 0. The minimum Gasteiger partial charge on any atom is -0.399 e. The lowest BCUT2D eigenvalue weighted by atomic mass is 10.1. The normalized spacial score (nSPS) is 11.0. The van der Waals surface area contributed by atoms with E-state index in [0.717, 1.165) is 28.0 Å². The molecular formula is C18H13FN4. The molecule has 0 saturated carbocycles. The van der Waals surface area contributed by atoms with Crippen LogP contribution in [0.25, 0.3) is 28.0 Å². The number of nitrogen functional groups attached to an aromatic ring is 1. The van der Waals surface area contributed by atoms with Gasteiger partial charge < -0.3 is 5.73 Å². The van der Waals surface area contributed by atoms with Crippen molar-refractivity contribution in [3.8, 4) is 22.4 Å². The third-order valence-electron chi connectivity index (χ3n) is 3.76. The fourth-order valence-electron chi connectivity index (χ4n) is 2.62. The van der Waals surface area contributed by atoms with Crippen LogP contribution in [-0.4, -0.2) is 14.4 Å². The summed E-state index contributed by atoms with van der Waals surface area (Å²) in [5.41, 5.74) is 11.1. The molecule has 4 nitrogen and oxygen atoms in total. The molecule has 0 aliphatic heterocycles. The first kappa shape index (κ1) is 13.5. The second-order valence-electron chi connectivity index (χ2n) is 5.28. The van der Waals surface area contributed by atoms with Gasteiger partial charge in [0.05, 0.1) is 11.9 Å². The van der Waals surface area contributed by atoms with E-state index in [1.807, 2.05) is 53.2 Å². The van der Waals surface area contributed by atoms with Crippen molar-refractivity contribution >= 4 is 11.3 Å². The molecule has 4 aromatic rings. The van der Waals surface area contributed by atoms with Crippen LogP contribution >= 0.6 is 0 Å². The van der Waals surface area contributed by atoms with Gasteiger partial charge in [0.1, 0.15) is 5.65 Å². The Morgan fingerprint density at radius 1 is 0.870 bits per heavy atom. The van der Waals surface area contributed by atoms with Crippen LogP contribution in [-0.2, 0) is 0 Å². The summed E-state index contributed by atoms with van der Waals surface area (Å²) in [6, 6.07) is 14.6. The zero-order valence-corrected chi connectivity index (χ0v) is 12.1. The van der Waals surface area contributed by atoms with Gasteiger partial charge in [-0.2, -0.15) is 4.39 Å². The van der Waals surface area contributed by atoms with Gasteiger partial charge in [-0.25, -0.2) is 9.97 Å². The number of hydrogen-bond acceptors (Lipinski definition) is 3. The van der Waals surface area contributed by atoms with Crippen LogP contribution in [0.4, 0.5) is 10.1 Å². The van der Waals surface area contributed by atoms with Crippen LogP contribution in [0.1, 0.15) is 0 Å². The van der Waals surface area contributed by atoms with E-state index >= 15 is 0 Å². The van der Waals surface area contributed by atoms with Crippen LogP contribution in [0.2, 0.25) is 0 Å². The molecule has 0 atom stereocenters. The Kier molecular flexibility index (Phi) is 3.05. The lowest BCUT2D eigenvalue weighted by Crippen LogP contribution is -1.91. The molecule has 4 rings (SSSR count). The number of nitrogens with zero attached hydrogens (tertiary/aromatic N) is 3. The summed E-state index contributed by atoms with van der Waals surface area (Å²) in [5.74, 6) is -0.486. The number of nitrogens with two attached hydrogens (primary N) is 1. The maximum Gasteiger partial charge on any atom is 0.212 e. The van der Waals surface area contributed by atoms with Crippen molar-refractivity contribution in [2.75, 3.05) is 5.73 Å². The SMILES string of the molecule is Nc1cccc(-c2cnc3cc(-c4ccc(F)nc4)ccn23)c1. The van der Waals surface area contributed by atoms with Crippen LogP contribution in [0.15, 0.2) is 67.1 Å². The van der Waals surface area contributed by atoms with E-state index in [1.54, 1.807) is 6.07 Å². The largest absolute Gasteiger partial charge is 0.399 e. The highest BCUT2D eigenvalue weighted by Crippen LogP contribution is 2.25. The van der Waals surface area contributed by atoms with Crippen LogP contribution in [0, 0.1) is 5.95 Å². The van der Waals surface area contributed by atoms with E-state index in [2.05, 4.69) is 9.97 Å². The van der Waals surface area contributed by atoms with Crippen molar-refractivity contribution in [2.45, 2.75) is 0 Å². The van der Waals surface area contributed by atoms with E-state index in [9.17, 15) is 4.39 Å². The van der Waals surface area contributed by atoms with Gasteiger partial charge in [-0.3, -0.25) is 4.40 Å². The zero-order valence-electron chi connectivity index (χ0n) is 12.1. The second kappa shape index (κ2) is 5.21. The first-order chi connectivity index (χ1) is 11.2. The molecule has 112 valence electrons.